The molecule has 20 heavy (non-hydrogen) atoms. The maximum Gasteiger partial charge on any atom is 0.306 e. The van der Waals surface area contributed by atoms with Gasteiger partial charge < -0.3 is 10.4 Å². The molecule has 0 spiro atoms. The Kier molecular flexibility index (Phi) is 5.12. The highest BCUT2D eigenvalue weighted by molar-refractivity contribution is 5.69. The summed E-state index contributed by atoms with van der Waals surface area (Å²) in [6.07, 6.45) is 3.42. The van der Waals surface area contributed by atoms with E-state index in [0.29, 0.717) is 18.0 Å². The largest absolute Gasteiger partial charge is 0.481 e. The van der Waals surface area contributed by atoms with E-state index < -0.39 is 5.97 Å². The number of hydrogen-bond donors (Lipinski definition) is 2. The molecule has 0 heterocycles. The third-order valence-corrected chi connectivity index (χ3v) is 4.15. The number of aliphatic carboxylic acids is 1. The summed E-state index contributed by atoms with van der Waals surface area (Å²) in [5.74, 6) is -0.491. The van der Waals surface area contributed by atoms with Gasteiger partial charge in [-0.05, 0) is 51.1 Å². The van der Waals surface area contributed by atoms with Gasteiger partial charge in [-0.3, -0.25) is 4.79 Å². The van der Waals surface area contributed by atoms with E-state index in [4.69, 9.17) is 5.11 Å². The van der Waals surface area contributed by atoms with Gasteiger partial charge in [-0.15, -0.1) is 0 Å². The molecule has 110 valence electrons. The molecule has 3 nitrogen and oxygen atoms in total. The highest BCUT2D eigenvalue weighted by atomic mass is 19.1. The summed E-state index contributed by atoms with van der Waals surface area (Å²) >= 11 is 0. The molecule has 1 aliphatic carbocycles. The number of nitrogens with one attached hydrogen (secondary N) is 1. The fourth-order valence-corrected chi connectivity index (χ4v) is 2.86. The van der Waals surface area contributed by atoms with Crippen LogP contribution < -0.4 is 5.32 Å². The van der Waals surface area contributed by atoms with Crippen molar-refractivity contribution >= 4 is 5.97 Å². The Bertz CT molecular complexity index is 468. The van der Waals surface area contributed by atoms with Crippen molar-refractivity contribution in [3.05, 3.63) is 35.1 Å². The summed E-state index contributed by atoms with van der Waals surface area (Å²) in [4.78, 5) is 10.9. The summed E-state index contributed by atoms with van der Waals surface area (Å²) in [5.41, 5.74) is 1.76. The predicted octanol–water partition coefficient (Wildman–Crippen LogP) is 3.11. The molecule has 1 saturated carbocycles. The van der Waals surface area contributed by atoms with Gasteiger partial charge in [0, 0.05) is 12.1 Å². The second-order valence-electron chi connectivity index (χ2n) is 5.78. The molecule has 2 N–H and O–H groups in total. The number of carboxylic acids is 1. The van der Waals surface area contributed by atoms with Crippen LogP contribution in [-0.4, -0.2) is 17.6 Å². The van der Waals surface area contributed by atoms with Crippen LogP contribution in [0.5, 0.6) is 0 Å². The van der Waals surface area contributed by atoms with Crippen molar-refractivity contribution in [2.24, 2.45) is 11.8 Å². The Morgan fingerprint density at radius 1 is 1.35 bits per heavy atom. The monoisotopic (exact) mass is 279 g/mol. The van der Waals surface area contributed by atoms with Gasteiger partial charge in [0.2, 0.25) is 0 Å². The fraction of sp³-hybridized carbons (Fsp3) is 0.562. The van der Waals surface area contributed by atoms with Crippen LogP contribution in [0, 0.1) is 24.6 Å². The molecule has 4 heteroatoms. The quantitative estimate of drug-likeness (QED) is 0.870. The van der Waals surface area contributed by atoms with E-state index in [9.17, 15) is 9.18 Å². The zero-order valence-electron chi connectivity index (χ0n) is 11.9. The van der Waals surface area contributed by atoms with E-state index in [1.54, 1.807) is 6.07 Å². The first-order valence-electron chi connectivity index (χ1n) is 7.25. The van der Waals surface area contributed by atoms with Gasteiger partial charge in [0.05, 0.1) is 5.92 Å². The van der Waals surface area contributed by atoms with Crippen LogP contribution in [-0.2, 0) is 11.3 Å². The summed E-state index contributed by atoms with van der Waals surface area (Å²) in [6, 6.07) is 5.14. The number of halogens is 1. The smallest absolute Gasteiger partial charge is 0.306 e. The van der Waals surface area contributed by atoms with Crippen molar-refractivity contribution in [1.29, 1.82) is 0 Å². The SMILES string of the molecule is Cc1ccc(F)c(CNCC2CCC(C(=O)O)CC2)c1. The lowest BCUT2D eigenvalue weighted by molar-refractivity contribution is -0.143. The van der Waals surface area contributed by atoms with Gasteiger partial charge in [-0.2, -0.15) is 0 Å². The number of benzene rings is 1. The number of hydrogen-bond acceptors (Lipinski definition) is 2. The normalized spacial score (nSPS) is 22.7. The molecule has 0 radical (unpaired) electrons. The van der Waals surface area contributed by atoms with Crippen molar-refractivity contribution in [2.45, 2.75) is 39.2 Å². The van der Waals surface area contributed by atoms with Gasteiger partial charge in [0.25, 0.3) is 0 Å². The van der Waals surface area contributed by atoms with Crippen LogP contribution in [0.15, 0.2) is 18.2 Å². The van der Waals surface area contributed by atoms with Gasteiger partial charge in [0.15, 0.2) is 0 Å². The zero-order chi connectivity index (χ0) is 14.5. The molecule has 1 aromatic rings. The Morgan fingerprint density at radius 3 is 2.70 bits per heavy atom. The van der Waals surface area contributed by atoms with E-state index >= 15 is 0 Å². The third kappa shape index (κ3) is 4.04. The molecular formula is C16H22FNO2. The van der Waals surface area contributed by atoms with Crippen molar-refractivity contribution in [1.82, 2.24) is 5.32 Å². The minimum Gasteiger partial charge on any atom is -0.481 e. The van der Waals surface area contributed by atoms with E-state index in [-0.39, 0.29) is 11.7 Å². The Hall–Kier alpha value is -1.42. The maximum absolute atomic E-state index is 13.6. The first kappa shape index (κ1) is 15.0. The maximum atomic E-state index is 13.6. The Labute approximate surface area is 119 Å². The Morgan fingerprint density at radius 2 is 2.05 bits per heavy atom. The van der Waals surface area contributed by atoms with Gasteiger partial charge in [0.1, 0.15) is 5.82 Å². The van der Waals surface area contributed by atoms with Gasteiger partial charge in [-0.1, -0.05) is 17.7 Å². The minimum atomic E-state index is -0.668. The minimum absolute atomic E-state index is 0.166. The zero-order valence-corrected chi connectivity index (χ0v) is 11.9. The standard InChI is InChI=1S/C16H22FNO2/c1-11-2-7-15(17)14(8-11)10-18-9-12-3-5-13(6-4-12)16(19)20/h2,7-8,12-13,18H,3-6,9-10H2,1H3,(H,19,20). The first-order valence-corrected chi connectivity index (χ1v) is 7.25. The van der Waals surface area contributed by atoms with Crippen LogP contribution in [0.1, 0.15) is 36.8 Å². The van der Waals surface area contributed by atoms with Crippen molar-refractivity contribution in [3.63, 3.8) is 0 Å². The summed E-state index contributed by atoms with van der Waals surface area (Å²) in [7, 11) is 0. The molecule has 2 rings (SSSR count). The molecule has 1 aromatic carbocycles. The van der Waals surface area contributed by atoms with Crippen molar-refractivity contribution < 1.29 is 14.3 Å². The van der Waals surface area contributed by atoms with Crippen LogP contribution >= 0.6 is 0 Å². The van der Waals surface area contributed by atoms with Crippen LogP contribution in [0.25, 0.3) is 0 Å². The lowest BCUT2D eigenvalue weighted by atomic mass is 9.82. The predicted molar refractivity (Wildman–Crippen MR) is 75.9 cm³/mol. The lowest BCUT2D eigenvalue weighted by Gasteiger charge is -2.26. The average Bonchev–Trinajstić information content (AvgIpc) is 2.43. The second kappa shape index (κ2) is 6.84. The molecule has 0 aliphatic heterocycles. The molecular weight excluding hydrogens is 257 g/mol. The molecule has 0 bridgehead atoms. The van der Waals surface area contributed by atoms with E-state index in [0.717, 1.165) is 37.8 Å². The van der Waals surface area contributed by atoms with Crippen LogP contribution in [0.2, 0.25) is 0 Å². The first-order chi connectivity index (χ1) is 9.56. The van der Waals surface area contributed by atoms with Crippen LogP contribution in [0.3, 0.4) is 0 Å². The van der Waals surface area contributed by atoms with Crippen molar-refractivity contribution in [3.8, 4) is 0 Å². The Balaban J connectivity index is 1.74. The van der Waals surface area contributed by atoms with E-state index in [1.807, 2.05) is 13.0 Å². The molecule has 0 saturated heterocycles. The van der Waals surface area contributed by atoms with E-state index in [2.05, 4.69) is 5.32 Å². The van der Waals surface area contributed by atoms with E-state index in [1.165, 1.54) is 6.07 Å². The third-order valence-electron chi connectivity index (χ3n) is 4.15. The van der Waals surface area contributed by atoms with Crippen molar-refractivity contribution in [2.75, 3.05) is 6.54 Å². The summed E-state index contributed by atoms with van der Waals surface area (Å²) in [5, 5.41) is 12.2. The average molecular weight is 279 g/mol. The molecule has 0 aromatic heterocycles. The topological polar surface area (TPSA) is 49.3 Å². The van der Waals surface area contributed by atoms with Crippen LogP contribution in [0.4, 0.5) is 4.39 Å². The lowest BCUT2D eigenvalue weighted by Crippen LogP contribution is -2.28. The number of rotatable bonds is 5. The highest BCUT2D eigenvalue weighted by Crippen LogP contribution is 2.28. The summed E-state index contributed by atoms with van der Waals surface area (Å²) < 4.78 is 13.6. The fourth-order valence-electron chi connectivity index (χ4n) is 2.86. The second-order valence-corrected chi connectivity index (χ2v) is 5.78. The molecule has 0 unspecified atom stereocenters. The molecule has 1 fully saturated rings. The molecule has 1 aliphatic rings. The highest BCUT2D eigenvalue weighted by Gasteiger charge is 2.25. The number of aryl methyl sites for hydroxylation is 1. The van der Waals surface area contributed by atoms with Gasteiger partial charge in [-0.25, -0.2) is 4.39 Å². The summed E-state index contributed by atoms with van der Waals surface area (Å²) in [6.45, 7) is 3.32. The number of carboxylic acid groups (broad SMARTS) is 1. The number of carbonyl (C=O) groups is 1. The molecule has 0 atom stereocenters. The molecule has 0 amide bonds. The van der Waals surface area contributed by atoms with Gasteiger partial charge >= 0.3 is 5.97 Å².